The Labute approximate surface area is 154 Å². The van der Waals surface area contributed by atoms with E-state index in [1.165, 1.54) is 23.1 Å². The Hall–Kier alpha value is -2.49. The van der Waals surface area contributed by atoms with Gasteiger partial charge in [0.05, 0.1) is 24.2 Å². The number of hydrogen-bond donors (Lipinski definition) is 2. The number of rotatable bonds is 6. The molecule has 2 amide bonds. The van der Waals surface area contributed by atoms with E-state index in [-0.39, 0.29) is 17.8 Å². The molecule has 1 aromatic heterocycles. The van der Waals surface area contributed by atoms with Gasteiger partial charge in [-0.25, -0.2) is 4.79 Å². The molecule has 2 N–H and O–H groups in total. The second-order valence-corrected chi connectivity index (χ2v) is 6.80. The van der Waals surface area contributed by atoms with Crippen LogP contribution in [0.3, 0.4) is 0 Å². The minimum Gasteiger partial charge on any atom is -0.379 e. The predicted octanol–water partition coefficient (Wildman–Crippen LogP) is 2.85. The Kier molecular flexibility index (Phi) is 6.16. The van der Waals surface area contributed by atoms with Gasteiger partial charge in [0.15, 0.2) is 0 Å². The molecule has 1 fully saturated rings. The van der Waals surface area contributed by atoms with Crippen LogP contribution in [0.25, 0.3) is 0 Å². The number of nitrogens with zero attached hydrogens (tertiary/aromatic N) is 2. The van der Waals surface area contributed by atoms with E-state index in [1.807, 2.05) is 11.4 Å². The number of nitro benzene ring substituents is 1. The van der Waals surface area contributed by atoms with Gasteiger partial charge in [-0.15, -0.1) is 11.3 Å². The van der Waals surface area contributed by atoms with Gasteiger partial charge in [0.25, 0.3) is 5.69 Å². The molecule has 1 atom stereocenters. The van der Waals surface area contributed by atoms with Crippen LogP contribution in [0.5, 0.6) is 0 Å². The largest absolute Gasteiger partial charge is 0.379 e. The first-order chi connectivity index (χ1) is 12.6. The number of thiophene rings is 1. The molecule has 1 aromatic carbocycles. The topological polar surface area (TPSA) is 96.7 Å². The Morgan fingerprint density at radius 3 is 2.81 bits per heavy atom. The average Bonchev–Trinajstić information content (AvgIpc) is 3.17. The van der Waals surface area contributed by atoms with Gasteiger partial charge in [-0.05, 0) is 17.5 Å². The van der Waals surface area contributed by atoms with E-state index in [0.717, 1.165) is 13.1 Å². The van der Waals surface area contributed by atoms with E-state index in [2.05, 4.69) is 21.6 Å². The summed E-state index contributed by atoms with van der Waals surface area (Å²) in [5.74, 6) is 0. The van der Waals surface area contributed by atoms with Gasteiger partial charge >= 0.3 is 6.03 Å². The third-order valence-corrected chi connectivity index (χ3v) is 5.10. The molecule has 0 radical (unpaired) electrons. The fourth-order valence-corrected chi connectivity index (χ4v) is 3.70. The molecule has 9 heteroatoms. The number of hydrogen-bond acceptors (Lipinski definition) is 6. The minimum absolute atomic E-state index is 0.0624. The van der Waals surface area contributed by atoms with Crippen molar-refractivity contribution in [1.29, 1.82) is 0 Å². The van der Waals surface area contributed by atoms with Gasteiger partial charge in [-0.3, -0.25) is 15.0 Å². The number of urea groups is 1. The summed E-state index contributed by atoms with van der Waals surface area (Å²) in [6.45, 7) is 3.44. The van der Waals surface area contributed by atoms with Crippen molar-refractivity contribution in [3.8, 4) is 0 Å². The lowest BCUT2D eigenvalue weighted by atomic mass is 10.2. The molecule has 1 aliphatic heterocycles. The summed E-state index contributed by atoms with van der Waals surface area (Å²) in [5.41, 5.74) is 0.323. The Morgan fingerprint density at radius 2 is 2.12 bits per heavy atom. The lowest BCUT2D eigenvalue weighted by Gasteiger charge is -2.34. The average molecular weight is 376 g/mol. The van der Waals surface area contributed by atoms with Crippen LogP contribution >= 0.6 is 11.3 Å². The van der Waals surface area contributed by atoms with Gasteiger partial charge in [0.1, 0.15) is 0 Å². The monoisotopic (exact) mass is 376 g/mol. The number of nitro groups is 1. The van der Waals surface area contributed by atoms with E-state index in [9.17, 15) is 14.9 Å². The van der Waals surface area contributed by atoms with Gasteiger partial charge in [-0.1, -0.05) is 12.1 Å². The fraction of sp³-hybridized carbons (Fsp3) is 0.353. The molecule has 26 heavy (non-hydrogen) atoms. The summed E-state index contributed by atoms with van der Waals surface area (Å²) in [6, 6.07) is 9.62. The first-order valence-corrected chi connectivity index (χ1v) is 9.16. The van der Waals surface area contributed by atoms with Crippen molar-refractivity contribution < 1.29 is 14.5 Å². The van der Waals surface area contributed by atoms with Crippen LogP contribution in [0, 0.1) is 10.1 Å². The first kappa shape index (κ1) is 18.3. The van der Waals surface area contributed by atoms with Crippen molar-refractivity contribution in [2.45, 2.75) is 6.04 Å². The Bertz CT molecular complexity index is 747. The van der Waals surface area contributed by atoms with Crippen LogP contribution in [-0.4, -0.2) is 48.7 Å². The highest BCUT2D eigenvalue weighted by atomic mass is 32.1. The standard InChI is InChI=1S/C17H20N4O4S/c22-17(19-13-3-1-4-14(11-13)21(23)24)18-12-15(16-5-2-10-26-16)20-6-8-25-9-7-20/h1-5,10-11,15H,6-9,12H2,(H2,18,19,22). The summed E-state index contributed by atoms with van der Waals surface area (Å²) in [5, 5.41) is 18.4. The normalized spacial score (nSPS) is 16.0. The SMILES string of the molecule is O=C(NCC(c1cccs1)N1CCOCC1)Nc1cccc([N+](=O)[O-])c1. The maximum Gasteiger partial charge on any atom is 0.319 e. The third-order valence-electron chi connectivity index (χ3n) is 4.13. The van der Waals surface area contributed by atoms with E-state index in [1.54, 1.807) is 17.4 Å². The number of nitrogens with one attached hydrogen (secondary N) is 2. The molecular formula is C17H20N4O4S. The molecule has 0 bridgehead atoms. The maximum atomic E-state index is 12.2. The van der Waals surface area contributed by atoms with E-state index >= 15 is 0 Å². The number of ether oxygens (including phenoxy) is 1. The van der Waals surface area contributed by atoms with E-state index in [0.29, 0.717) is 25.4 Å². The second kappa shape index (κ2) is 8.75. The van der Waals surface area contributed by atoms with Crippen molar-refractivity contribution in [3.05, 3.63) is 56.8 Å². The summed E-state index contributed by atoms with van der Waals surface area (Å²) in [6.07, 6.45) is 0. The number of benzene rings is 1. The molecule has 1 saturated heterocycles. The molecule has 8 nitrogen and oxygen atoms in total. The van der Waals surface area contributed by atoms with Gasteiger partial charge in [0.2, 0.25) is 0 Å². The number of anilines is 1. The molecular weight excluding hydrogens is 356 g/mol. The van der Waals surface area contributed by atoms with Gasteiger partial charge < -0.3 is 15.4 Å². The number of morpholine rings is 1. The number of carbonyl (C=O) groups is 1. The molecule has 1 aliphatic rings. The number of amides is 2. The lowest BCUT2D eigenvalue weighted by Crippen LogP contribution is -2.44. The van der Waals surface area contributed by atoms with Crippen molar-refractivity contribution in [2.75, 3.05) is 38.2 Å². The summed E-state index contributed by atoms with van der Waals surface area (Å²) >= 11 is 1.66. The molecule has 3 rings (SSSR count). The van der Waals surface area contributed by atoms with E-state index in [4.69, 9.17) is 4.74 Å². The van der Waals surface area contributed by atoms with Crippen LogP contribution in [0.2, 0.25) is 0 Å². The van der Waals surface area contributed by atoms with Crippen LogP contribution in [0.1, 0.15) is 10.9 Å². The highest BCUT2D eigenvalue weighted by molar-refractivity contribution is 7.10. The van der Waals surface area contributed by atoms with Crippen molar-refractivity contribution in [2.24, 2.45) is 0 Å². The second-order valence-electron chi connectivity index (χ2n) is 5.82. The zero-order chi connectivity index (χ0) is 18.4. The summed E-state index contributed by atoms with van der Waals surface area (Å²) < 4.78 is 5.41. The first-order valence-electron chi connectivity index (χ1n) is 8.28. The van der Waals surface area contributed by atoms with Crippen LogP contribution in [0.15, 0.2) is 41.8 Å². The summed E-state index contributed by atoms with van der Waals surface area (Å²) in [4.78, 5) is 26.0. The molecule has 1 unspecified atom stereocenters. The lowest BCUT2D eigenvalue weighted by molar-refractivity contribution is -0.384. The smallest absolute Gasteiger partial charge is 0.319 e. The molecule has 2 aromatic rings. The minimum atomic E-state index is -0.492. The molecule has 0 aliphatic carbocycles. The van der Waals surface area contributed by atoms with Crippen molar-refractivity contribution >= 4 is 28.7 Å². The molecule has 0 saturated carbocycles. The zero-order valence-electron chi connectivity index (χ0n) is 14.1. The highest BCUT2D eigenvalue weighted by Crippen LogP contribution is 2.25. The summed E-state index contributed by atoms with van der Waals surface area (Å²) in [7, 11) is 0. The quantitative estimate of drug-likeness (QED) is 0.597. The van der Waals surface area contributed by atoms with Gasteiger partial charge in [-0.2, -0.15) is 0 Å². The third kappa shape index (κ3) is 4.78. The fourth-order valence-electron chi connectivity index (χ4n) is 2.84. The molecule has 2 heterocycles. The maximum absolute atomic E-state index is 12.2. The number of non-ortho nitro benzene ring substituents is 1. The van der Waals surface area contributed by atoms with Crippen LogP contribution < -0.4 is 10.6 Å². The van der Waals surface area contributed by atoms with Crippen LogP contribution in [0.4, 0.5) is 16.2 Å². The van der Waals surface area contributed by atoms with Crippen molar-refractivity contribution in [1.82, 2.24) is 10.2 Å². The van der Waals surface area contributed by atoms with Crippen LogP contribution in [-0.2, 0) is 4.74 Å². The number of carbonyl (C=O) groups excluding carboxylic acids is 1. The highest BCUT2D eigenvalue weighted by Gasteiger charge is 2.24. The Morgan fingerprint density at radius 1 is 1.31 bits per heavy atom. The van der Waals surface area contributed by atoms with Gasteiger partial charge in [0, 0.05) is 42.3 Å². The van der Waals surface area contributed by atoms with Crippen molar-refractivity contribution in [3.63, 3.8) is 0 Å². The molecule has 138 valence electrons. The Balaban J connectivity index is 1.60. The van der Waals surface area contributed by atoms with E-state index < -0.39 is 4.92 Å². The zero-order valence-corrected chi connectivity index (χ0v) is 14.9. The molecule has 0 spiro atoms. The predicted molar refractivity (Wildman–Crippen MR) is 99.6 cm³/mol.